The van der Waals surface area contributed by atoms with Crippen LogP contribution in [0.5, 0.6) is 5.75 Å². The third-order valence-corrected chi connectivity index (χ3v) is 5.05. The second-order valence-corrected chi connectivity index (χ2v) is 7.68. The van der Waals surface area contributed by atoms with Crippen LogP contribution in [0.2, 0.25) is 0 Å². The van der Waals surface area contributed by atoms with Crippen LogP contribution in [-0.4, -0.2) is 63.4 Å². The molecule has 0 N–H and O–H groups in total. The number of benzene rings is 1. The Hall–Kier alpha value is -1.10. The number of likely N-dealkylation sites (tertiary alicyclic amines) is 1. The van der Waals surface area contributed by atoms with Gasteiger partial charge in [0.1, 0.15) is 5.75 Å². The zero-order valence-corrected chi connectivity index (χ0v) is 16.5. The quantitative estimate of drug-likeness (QED) is 0.646. The largest absolute Gasteiger partial charge is 0.496 e. The molecule has 0 radical (unpaired) electrons. The number of para-hydroxylation sites is 1. The molecule has 0 saturated carbocycles. The van der Waals surface area contributed by atoms with Crippen LogP contribution >= 0.6 is 0 Å². The molecular formula is C21H36N2O2. The fourth-order valence-electron chi connectivity index (χ4n) is 3.76. The lowest BCUT2D eigenvalue weighted by molar-refractivity contribution is 0.103. The molecule has 1 fully saturated rings. The van der Waals surface area contributed by atoms with E-state index in [2.05, 4.69) is 41.8 Å². The summed E-state index contributed by atoms with van der Waals surface area (Å²) in [4.78, 5) is 5.16. The summed E-state index contributed by atoms with van der Waals surface area (Å²) in [5.74, 6) is 2.53. The summed E-state index contributed by atoms with van der Waals surface area (Å²) >= 11 is 0. The van der Waals surface area contributed by atoms with E-state index < -0.39 is 0 Å². The van der Waals surface area contributed by atoms with Gasteiger partial charge in [0.2, 0.25) is 0 Å². The maximum Gasteiger partial charge on any atom is 0.123 e. The first-order valence-corrected chi connectivity index (χ1v) is 9.68. The van der Waals surface area contributed by atoms with E-state index in [1.165, 1.54) is 44.6 Å². The number of hydrogen-bond acceptors (Lipinski definition) is 4. The van der Waals surface area contributed by atoms with Gasteiger partial charge in [-0.2, -0.15) is 0 Å². The van der Waals surface area contributed by atoms with Crippen molar-refractivity contribution in [2.75, 3.05) is 53.6 Å². The summed E-state index contributed by atoms with van der Waals surface area (Å²) in [7, 11) is 3.55. The zero-order chi connectivity index (χ0) is 18.1. The van der Waals surface area contributed by atoms with Crippen LogP contribution < -0.4 is 4.74 Å². The minimum absolute atomic E-state index is 0.711. The summed E-state index contributed by atoms with van der Waals surface area (Å²) in [6.07, 6.45) is 2.58. The van der Waals surface area contributed by atoms with Crippen molar-refractivity contribution in [2.24, 2.45) is 11.8 Å². The normalized spacial score (nSPS) is 16.7. The van der Waals surface area contributed by atoms with Crippen molar-refractivity contribution >= 4 is 0 Å². The van der Waals surface area contributed by atoms with Gasteiger partial charge in [-0.1, -0.05) is 32.0 Å². The van der Waals surface area contributed by atoms with E-state index >= 15 is 0 Å². The van der Waals surface area contributed by atoms with Crippen LogP contribution in [0.1, 0.15) is 32.3 Å². The highest BCUT2D eigenvalue weighted by Crippen LogP contribution is 2.24. The number of ether oxygens (including phenoxy) is 2. The predicted octanol–water partition coefficient (Wildman–Crippen LogP) is 3.51. The number of hydrogen-bond donors (Lipinski definition) is 0. The van der Waals surface area contributed by atoms with Crippen LogP contribution in [0.25, 0.3) is 0 Å². The van der Waals surface area contributed by atoms with Crippen LogP contribution in [0.15, 0.2) is 24.3 Å². The number of rotatable bonds is 10. The third kappa shape index (κ3) is 6.96. The highest BCUT2D eigenvalue weighted by Gasteiger charge is 2.22. The highest BCUT2D eigenvalue weighted by atomic mass is 16.5. The van der Waals surface area contributed by atoms with E-state index in [0.29, 0.717) is 5.92 Å². The molecule has 25 heavy (non-hydrogen) atoms. The van der Waals surface area contributed by atoms with Crippen molar-refractivity contribution < 1.29 is 9.47 Å². The second-order valence-electron chi connectivity index (χ2n) is 7.68. The van der Waals surface area contributed by atoms with Crippen molar-refractivity contribution in [2.45, 2.75) is 33.2 Å². The molecular weight excluding hydrogens is 312 g/mol. The number of nitrogens with zero attached hydrogens (tertiary/aromatic N) is 2. The molecule has 0 amide bonds. The second kappa shape index (κ2) is 10.8. The van der Waals surface area contributed by atoms with Crippen LogP contribution in [0.3, 0.4) is 0 Å². The molecule has 1 aliphatic heterocycles. The average molecular weight is 349 g/mol. The monoisotopic (exact) mass is 348 g/mol. The molecule has 0 unspecified atom stereocenters. The fraction of sp³-hybridized carbons (Fsp3) is 0.714. The van der Waals surface area contributed by atoms with Crippen molar-refractivity contribution in [3.8, 4) is 5.75 Å². The van der Waals surface area contributed by atoms with Gasteiger partial charge in [0.15, 0.2) is 0 Å². The fourth-order valence-corrected chi connectivity index (χ4v) is 3.76. The molecule has 1 saturated heterocycles. The minimum atomic E-state index is 0.711. The van der Waals surface area contributed by atoms with Gasteiger partial charge in [-0.25, -0.2) is 0 Å². The first-order valence-electron chi connectivity index (χ1n) is 9.68. The lowest BCUT2D eigenvalue weighted by Crippen LogP contribution is -2.40. The topological polar surface area (TPSA) is 24.9 Å². The Labute approximate surface area is 154 Å². The number of piperidine rings is 1. The summed E-state index contributed by atoms with van der Waals surface area (Å²) in [5.41, 5.74) is 1.30. The Bertz CT molecular complexity index is 485. The first-order chi connectivity index (χ1) is 12.1. The van der Waals surface area contributed by atoms with E-state index in [-0.39, 0.29) is 0 Å². The van der Waals surface area contributed by atoms with Crippen molar-refractivity contribution in [3.05, 3.63) is 29.8 Å². The van der Waals surface area contributed by atoms with Crippen LogP contribution in [0.4, 0.5) is 0 Å². The van der Waals surface area contributed by atoms with E-state index in [4.69, 9.17) is 9.47 Å². The first kappa shape index (κ1) is 20.2. The molecule has 1 aliphatic rings. The maximum absolute atomic E-state index is 5.49. The Morgan fingerprint density at radius 3 is 2.52 bits per heavy atom. The number of methoxy groups -OCH3 is 2. The maximum atomic E-state index is 5.49. The smallest absolute Gasteiger partial charge is 0.123 e. The van der Waals surface area contributed by atoms with E-state index in [0.717, 1.165) is 31.4 Å². The van der Waals surface area contributed by atoms with Gasteiger partial charge >= 0.3 is 0 Å². The van der Waals surface area contributed by atoms with Crippen molar-refractivity contribution in [3.63, 3.8) is 0 Å². The summed E-state index contributed by atoms with van der Waals surface area (Å²) in [5, 5.41) is 0. The molecule has 0 aliphatic carbocycles. The standard InChI is InChI=1S/C21H36N2O2/c1-18(2)15-23(13-14-24-3)16-19-9-11-22(12-10-19)17-20-7-5-6-8-21(20)25-4/h5-8,18-19H,9-17H2,1-4H3. The lowest BCUT2D eigenvalue weighted by atomic mass is 9.95. The average Bonchev–Trinajstić information content (AvgIpc) is 2.61. The molecule has 0 aromatic heterocycles. The molecule has 4 nitrogen and oxygen atoms in total. The van der Waals surface area contributed by atoms with Crippen LogP contribution in [0, 0.1) is 11.8 Å². The highest BCUT2D eigenvalue weighted by molar-refractivity contribution is 5.33. The Balaban J connectivity index is 1.79. The van der Waals surface area contributed by atoms with Gasteiger partial charge in [0, 0.05) is 38.9 Å². The molecule has 142 valence electrons. The van der Waals surface area contributed by atoms with Gasteiger partial charge in [-0.3, -0.25) is 4.90 Å². The molecule has 0 bridgehead atoms. The molecule has 4 heteroatoms. The van der Waals surface area contributed by atoms with E-state index in [1.54, 1.807) is 14.2 Å². The molecule has 1 aromatic carbocycles. The van der Waals surface area contributed by atoms with Gasteiger partial charge in [-0.15, -0.1) is 0 Å². The SMILES string of the molecule is COCCN(CC(C)C)CC1CCN(Cc2ccccc2OC)CC1. The van der Waals surface area contributed by atoms with Gasteiger partial charge < -0.3 is 14.4 Å². The Morgan fingerprint density at radius 2 is 1.88 bits per heavy atom. The zero-order valence-electron chi connectivity index (χ0n) is 16.5. The Morgan fingerprint density at radius 1 is 1.16 bits per heavy atom. The van der Waals surface area contributed by atoms with E-state index in [1.807, 2.05) is 6.07 Å². The summed E-state index contributed by atoms with van der Waals surface area (Å²) < 4.78 is 10.8. The molecule has 2 rings (SSSR count). The predicted molar refractivity (Wildman–Crippen MR) is 104 cm³/mol. The minimum Gasteiger partial charge on any atom is -0.496 e. The third-order valence-electron chi connectivity index (χ3n) is 5.05. The molecule has 0 spiro atoms. The summed E-state index contributed by atoms with van der Waals surface area (Å²) in [6.45, 7) is 12.2. The van der Waals surface area contributed by atoms with Gasteiger partial charge in [0.25, 0.3) is 0 Å². The van der Waals surface area contributed by atoms with Crippen molar-refractivity contribution in [1.82, 2.24) is 9.80 Å². The molecule has 0 atom stereocenters. The summed E-state index contributed by atoms with van der Waals surface area (Å²) in [6, 6.07) is 8.38. The molecule has 1 heterocycles. The Kier molecular flexibility index (Phi) is 8.73. The molecule has 1 aromatic rings. The van der Waals surface area contributed by atoms with Gasteiger partial charge in [-0.05, 0) is 43.8 Å². The lowest BCUT2D eigenvalue weighted by Gasteiger charge is -2.35. The van der Waals surface area contributed by atoms with E-state index in [9.17, 15) is 0 Å². The van der Waals surface area contributed by atoms with Crippen LogP contribution in [-0.2, 0) is 11.3 Å². The van der Waals surface area contributed by atoms with Gasteiger partial charge in [0.05, 0.1) is 13.7 Å². The van der Waals surface area contributed by atoms with Crippen molar-refractivity contribution in [1.29, 1.82) is 0 Å².